The Hall–Kier alpha value is -1.71. The lowest BCUT2D eigenvalue weighted by atomic mass is 10.2. The van der Waals surface area contributed by atoms with Gasteiger partial charge in [-0.2, -0.15) is 0 Å². The fourth-order valence-electron chi connectivity index (χ4n) is 2.61. The molecule has 1 aromatic rings. The molecule has 25 heavy (non-hydrogen) atoms. The van der Waals surface area contributed by atoms with Crippen molar-refractivity contribution in [1.82, 2.24) is 15.6 Å². The summed E-state index contributed by atoms with van der Waals surface area (Å²) >= 11 is 0. The number of nitrogens with one attached hydrogen (secondary N) is 3. The molecule has 11 heteroatoms. The molecule has 2 fully saturated rings. The number of hydrogen-bond donors (Lipinski definition) is 3. The smallest absolute Gasteiger partial charge is 0.262 e. The topological polar surface area (TPSA) is 86.4 Å². The number of carbonyl (C=O) groups excluding carboxylic acids is 2. The predicted molar refractivity (Wildman–Crippen MR) is 93.9 cm³/mol. The van der Waals surface area contributed by atoms with Crippen LogP contribution in [0, 0.1) is 0 Å². The summed E-state index contributed by atoms with van der Waals surface area (Å²) in [5.41, 5.74) is 0.428. The van der Waals surface area contributed by atoms with Crippen LogP contribution < -0.4 is 20.9 Å². The van der Waals surface area contributed by atoms with Gasteiger partial charge in [0.25, 0.3) is 5.92 Å². The number of aromatic nitrogens is 1. The highest BCUT2D eigenvalue weighted by Gasteiger charge is 2.42. The first kappa shape index (κ1) is 21.3. The normalized spacial score (nSPS) is 21.6. The Balaban J connectivity index is 0.00000156. The van der Waals surface area contributed by atoms with E-state index in [1.807, 2.05) is 4.90 Å². The molecule has 0 spiro atoms. The van der Waals surface area contributed by atoms with E-state index in [9.17, 15) is 18.4 Å². The quantitative estimate of drug-likeness (QED) is 0.702. The van der Waals surface area contributed by atoms with Crippen LogP contribution in [0.3, 0.4) is 0 Å². The standard InChI is InChI=1S/C14H17F2N5O2.2ClH/c15-14(16)5-10(19-8-14)13(23)20-9-1-2-11(18-6-9)21-4-3-17-12(22)7-21;;/h1-2,6,10,19H,3-5,7-8H2,(H,17,22)(H,20,23);2*1H. The van der Waals surface area contributed by atoms with Crippen molar-refractivity contribution in [2.75, 3.05) is 36.4 Å². The molecule has 0 aromatic carbocycles. The Bertz CT molecular complexity index is 618. The van der Waals surface area contributed by atoms with E-state index in [0.29, 0.717) is 24.6 Å². The molecule has 3 heterocycles. The van der Waals surface area contributed by atoms with Gasteiger partial charge >= 0.3 is 0 Å². The lowest BCUT2D eigenvalue weighted by Crippen LogP contribution is -2.48. The average Bonchev–Trinajstić information content (AvgIpc) is 2.88. The van der Waals surface area contributed by atoms with Gasteiger partial charge in [0.2, 0.25) is 11.8 Å². The molecule has 3 N–H and O–H groups in total. The number of amides is 2. The Morgan fingerprint density at radius 1 is 1.36 bits per heavy atom. The molecule has 7 nitrogen and oxygen atoms in total. The van der Waals surface area contributed by atoms with Gasteiger partial charge in [-0.05, 0) is 12.1 Å². The summed E-state index contributed by atoms with van der Waals surface area (Å²) in [5, 5.41) is 7.79. The van der Waals surface area contributed by atoms with Crippen molar-refractivity contribution >= 4 is 48.1 Å². The SMILES string of the molecule is Cl.Cl.O=C1CN(c2ccc(NC(=O)C3CC(F)(F)CN3)cn2)CCN1. The minimum absolute atomic E-state index is 0. The molecule has 1 unspecified atom stereocenters. The Labute approximate surface area is 155 Å². The van der Waals surface area contributed by atoms with Gasteiger partial charge in [-0.1, -0.05) is 0 Å². The van der Waals surface area contributed by atoms with E-state index in [2.05, 4.69) is 20.9 Å². The van der Waals surface area contributed by atoms with Gasteiger partial charge in [0.1, 0.15) is 5.82 Å². The maximum absolute atomic E-state index is 13.1. The van der Waals surface area contributed by atoms with Crippen molar-refractivity contribution in [3.8, 4) is 0 Å². The Morgan fingerprint density at radius 2 is 2.12 bits per heavy atom. The Morgan fingerprint density at radius 3 is 2.68 bits per heavy atom. The zero-order valence-corrected chi connectivity index (χ0v) is 14.8. The van der Waals surface area contributed by atoms with E-state index in [-0.39, 0.29) is 37.3 Å². The molecule has 2 aliphatic heterocycles. The summed E-state index contributed by atoms with van der Waals surface area (Å²) in [4.78, 5) is 29.3. The average molecular weight is 398 g/mol. The van der Waals surface area contributed by atoms with Crippen LogP contribution in [0.5, 0.6) is 0 Å². The van der Waals surface area contributed by atoms with Crippen molar-refractivity contribution in [3.63, 3.8) is 0 Å². The van der Waals surface area contributed by atoms with E-state index < -0.39 is 30.8 Å². The number of nitrogens with zero attached hydrogens (tertiary/aromatic N) is 2. The summed E-state index contributed by atoms with van der Waals surface area (Å²) in [7, 11) is 0. The second kappa shape index (κ2) is 8.59. The largest absolute Gasteiger partial charge is 0.353 e. The van der Waals surface area contributed by atoms with Crippen molar-refractivity contribution < 1.29 is 18.4 Å². The number of hydrogen-bond acceptors (Lipinski definition) is 5. The zero-order chi connectivity index (χ0) is 16.4. The van der Waals surface area contributed by atoms with E-state index >= 15 is 0 Å². The maximum Gasteiger partial charge on any atom is 0.262 e. The molecule has 0 saturated carbocycles. The lowest BCUT2D eigenvalue weighted by molar-refractivity contribution is -0.120. The van der Waals surface area contributed by atoms with Crippen LogP contribution in [0.1, 0.15) is 6.42 Å². The second-order valence-corrected chi connectivity index (χ2v) is 5.66. The van der Waals surface area contributed by atoms with Gasteiger partial charge in [0.15, 0.2) is 0 Å². The number of anilines is 2. The number of alkyl halides is 2. The van der Waals surface area contributed by atoms with Crippen LogP contribution in [0.15, 0.2) is 18.3 Å². The van der Waals surface area contributed by atoms with Crippen LogP contribution in [-0.4, -0.2) is 54.9 Å². The molecule has 3 rings (SSSR count). The van der Waals surface area contributed by atoms with Crippen molar-refractivity contribution in [2.24, 2.45) is 0 Å². The first-order valence-corrected chi connectivity index (χ1v) is 7.33. The summed E-state index contributed by atoms with van der Waals surface area (Å²) in [5.74, 6) is -2.79. The van der Waals surface area contributed by atoms with Crippen LogP contribution in [0.2, 0.25) is 0 Å². The van der Waals surface area contributed by atoms with Gasteiger partial charge in [0.05, 0.1) is 31.0 Å². The minimum Gasteiger partial charge on any atom is -0.353 e. The van der Waals surface area contributed by atoms with Crippen LogP contribution in [-0.2, 0) is 9.59 Å². The monoisotopic (exact) mass is 397 g/mol. The van der Waals surface area contributed by atoms with Crippen molar-refractivity contribution in [1.29, 1.82) is 0 Å². The van der Waals surface area contributed by atoms with Gasteiger partial charge < -0.3 is 15.5 Å². The maximum atomic E-state index is 13.1. The molecule has 140 valence electrons. The molecule has 2 saturated heterocycles. The molecule has 0 aliphatic carbocycles. The van der Waals surface area contributed by atoms with Gasteiger partial charge in [-0.15, -0.1) is 24.8 Å². The molecular formula is C14H19Cl2F2N5O2. The third-order valence-electron chi connectivity index (χ3n) is 3.80. The highest BCUT2D eigenvalue weighted by Crippen LogP contribution is 2.25. The molecular weight excluding hydrogens is 379 g/mol. The third-order valence-corrected chi connectivity index (χ3v) is 3.80. The van der Waals surface area contributed by atoms with E-state index in [4.69, 9.17) is 0 Å². The summed E-state index contributed by atoms with van der Waals surface area (Å²) in [6, 6.07) is 2.42. The summed E-state index contributed by atoms with van der Waals surface area (Å²) in [6.45, 7) is 0.963. The number of carbonyl (C=O) groups is 2. The Kier molecular flexibility index (Phi) is 7.33. The molecule has 2 aliphatic rings. The number of piperazine rings is 1. The molecule has 1 atom stereocenters. The number of halogens is 4. The van der Waals surface area contributed by atoms with Crippen LogP contribution in [0.25, 0.3) is 0 Å². The highest BCUT2D eigenvalue weighted by atomic mass is 35.5. The minimum atomic E-state index is -2.85. The van der Waals surface area contributed by atoms with Gasteiger partial charge in [0, 0.05) is 19.5 Å². The molecule has 2 amide bonds. The first-order valence-electron chi connectivity index (χ1n) is 7.33. The third kappa shape index (κ3) is 5.38. The molecule has 0 radical (unpaired) electrons. The highest BCUT2D eigenvalue weighted by molar-refractivity contribution is 5.95. The van der Waals surface area contributed by atoms with E-state index in [1.54, 1.807) is 12.1 Å². The summed E-state index contributed by atoms with van der Waals surface area (Å²) < 4.78 is 26.2. The second-order valence-electron chi connectivity index (χ2n) is 5.66. The summed E-state index contributed by atoms with van der Waals surface area (Å²) in [6.07, 6.45) is 0.945. The lowest BCUT2D eigenvalue weighted by Gasteiger charge is -2.27. The van der Waals surface area contributed by atoms with E-state index in [1.165, 1.54) is 6.20 Å². The predicted octanol–water partition coefficient (Wildman–Crippen LogP) is 0.797. The van der Waals surface area contributed by atoms with Crippen molar-refractivity contribution in [2.45, 2.75) is 18.4 Å². The number of rotatable bonds is 3. The van der Waals surface area contributed by atoms with Gasteiger partial charge in [-0.25, -0.2) is 13.8 Å². The molecule has 1 aromatic heterocycles. The molecule has 0 bridgehead atoms. The van der Waals surface area contributed by atoms with Crippen molar-refractivity contribution in [3.05, 3.63) is 18.3 Å². The van der Waals surface area contributed by atoms with E-state index in [0.717, 1.165) is 0 Å². The van der Waals surface area contributed by atoms with Crippen LogP contribution >= 0.6 is 24.8 Å². The van der Waals surface area contributed by atoms with Gasteiger partial charge in [-0.3, -0.25) is 14.9 Å². The fourth-order valence-corrected chi connectivity index (χ4v) is 2.61. The first-order chi connectivity index (χ1) is 10.9. The van der Waals surface area contributed by atoms with Crippen LogP contribution in [0.4, 0.5) is 20.3 Å². The fraction of sp³-hybridized carbons (Fsp3) is 0.500. The zero-order valence-electron chi connectivity index (χ0n) is 13.1. The number of pyridine rings is 1.